The van der Waals surface area contributed by atoms with E-state index in [0.29, 0.717) is 22.9 Å². The van der Waals surface area contributed by atoms with E-state index in [1.165, 1.54) is 7.11 Å². The van der Waals surface area contributed by atoms with Gasteiger partial charge in [-0.25, -0.2) is 4.79 Å². The summed E-state index contributed by atoms with van der Waals surface area (Å²) < 4.78 is 15.8. The van der Waals surface area contributed by atoms with Crippen LogP contribution < -0.4 is 5.32 Å². The Labute approximate surface area is 129 Å². The van der Waals surface area contributed by atoms with Crippen LogP contribution in [0.3, 0.4) is 0 Å². The Kier molecular flexibility index (Phi) is 5.45. The van der Waals surface area contributed by atoms with Gasteiger partial charge < -0.3 is 19.5 Å². The number of methoxy groups -OCH3 is 2. The van der Waals surface area contributed by atoms with Crippen molar-refractivity contribution < 1.29 is 19.0 Å². The SMILES string of the molecule is CCOC1CC(Nc2cc(C(=O)OC)ccc2Cl)C1OC. The van der Waals surface area contributed by atoms with Crippen LogP contribution in [0.15, 0.2) is 18.2 Å². The van der Waals surface area contributed by atoms with Crippen LogP contribution in [0, 0.1) is 0 Å². The molecule has 1 aliphatic carbocycles. The minimum Gasteiger partial charge on any atom is -0.465 e. The molecule has 1 aromatic carbocycles. The minimum absolute atomic E-state index is 0.0252. The zero-order valence-electron chi connectivity index (χ0n) is 12.4. The third kappa shape index (κ3) is 3.48. The number of anilines is 1. The Balaban J connectivity index is 2.07. The Morgan fingerprint density at radius 2 is 2.19 bits per heavy atom. The van der Waals surface area contributed by atoms with Crippen molar-refractivity contribution in [3.8, 4) is 0 Å². The maximum Gasteiger partial charge on any atom is 0.337 e. The van der Waals surface area contributed by atoms with Gasteiger partial charge in [0, 0.05) is 13.7 Å². The zero-order valence-corrected chi connectivity index (χ0v) is 13.1. The fourth-order valence-electron chi connectivity index (χ4n) is 2.50. The van der Waals surface area contributed by atoms with Gasteiger partial charge in [-0.3, -0.25) is 0 Å². The molecule has 1 aromatic rings. The number of benzene rings is 1. The van der Waals surface area contributed by atoms with E-state index in [-0.39, 0.29) is 24.2 Å². The van der Waals surface area contributed by atoms with Crippen LogP contribution in [0.2, 0.25) is 5.02 Å². The Bertz CT molecular complexity index is 508. The molecule has 5 nitrogen and oxygen atoms in total. The third-order valence-electron chi connectivity index (χ3n) is 3.63. The standard InChI is InChI=1S/C15H20ClNO4/c1-4-21-13-8-12(14(13)19-2)17-11-7-9(15(18)20-3)5-6-10(11)16/h5-7,12-14,17H,4,8H2,1-3H3. The summed E-state index contributed by atoms with van der Waals surface area (Å²) in [6, 6.07) is 5.11. The number of hydrogen-bond acceptors (Lipinski definition) is 5. The fraction of sp³-hybridized carbons (Fsp3) is 0.533. The lowest BCUT2D eigenvalue weighted by molar-refractivity contribution is -0.118. The monoisotopic (exact) mass is 313 g/mol. The first kappa shape index (κ1) is 16.1. The van der Waals surface area contributed by atoms with Gasteiger partial charge in [-0.2, -0.15) is 0 Å². The highest BCUT2D eigenvalue weighted by molar-refractivity contribution is 6.33. The maximum atomic E-state index is 11.6. The summed E-state index contributed by atoms with van der Waals surface area (Å²) in [5, 5.41) is 3.86. The summed E-state index contributed by atoms with van der Waals surface area (Å²) in [5.41, 5.74) is 1.15. The van der Waals surface area contributed by atoms with Crippen LogP contribution in [0.4, 0.5) is 5.69 Å². The molecule has 0 saturated heterocycles. The molecule has 0 spiro atoms. The molecule has 6 heteroatoms. The first-order valence-corrected chi connectivity index (χ1v) is 7.27. The topological polar surface area (TPSA) is 56.8 Å². The smallest absolute Gasteiger partial charge is 0.337 e. The van der Waals surface area contributed by atoms with Crippen molar-refractivity contribution in [3.05, 3.63) is 28.8 Å². The van der Waals surface area contributed by atoms with Crippen molar-refractivity contribution in [2.75, 3.05) is 26.1 Å². The second-order valence-corrected chi connectivity index (χ2v) is 5.27. The quantitative estimate of drug-likeness (QED) is 0.818. The van der Waals surface area contributed by atoms with Gasteiger partial charge in [0.15, 0.2) is 0 Å². The van der Waals surface area contributed by atoms with Gasteiger partial charge in [-0.05, 0) is 31.5 Å². The number of esters is 1. The molecule has 2 rings (SSSR count). The molecular weight excluding hydrogens is 294 g/mol. The molecule has 0 aromatic heterocycles. The molecule has 1 N–H and O–H groups in total. The number of carbonyl (C=O) groups excluding carboxylic acids is 1. The second kappa shape index (κ2) is 7.11. The number of nitrogens with one attached hydrogen (secondary N) is 1. The number of hydrogen-bond donors (Lipinski definition) is 1. The van der Waals surface area contributed by atoms with Crippen LogP contribution in [0.25, 0.3) is 0 Å². The Morgan fingerprint density at radius 3 is 2.81 bits per heavy atom. The van der Waals surface area contributed by atoms with Gasteiger partial charge in [0.05, 0.1) is 35.5 Å². The van der Waals surface area contributed by atoms with Gasteiger partial charge in [-0.1, -0.05) is 11.6 Å². The Hall–Kier alpha value is -1.30. The molecule has 1 aliphatic rings. The molecule has 1 fully saturated rings. The molecule has 0 amide bonds. The lowest BCUT2D eigenvalue weighted by Gasteiger charge is -2.43. The molecule has 0 heterocycles. The number of carbonyl (C=O) groups is 1. The highest BCUT2D eigenvalue weighted by Crippen LogP contribution is 2.32. The molecule has 3 unspecified atom stereocenters. The molecule has 3 atom stereocenters. The van der Waals surface area contributed by atoms with Crippen LogP contribution in [0.1, 0.15) is 23.7 Å². The van der Waals surface area contributed by atoms with Crippen LogP contribution in [0.5, 0.6) is 0 Å². The molecule has 0 aliphatic heterocycles. The summed E-state index contributed by atoms with van der Waals surface area (Å²) in [6.07, 6.45) is 0.911. The summed E-state index contributed by atoms with van der Waals surface area (Å²) in [4.78, 5) is 11.6. The molecule has 1 saturated carbocycles. The van der Waals surface area contributed by atoms with Crippen LogP contribution >= 0.6 is 11.6 Å². The van der Waals surface area contributed by atoms with E-state index in [1.54, 1.807) is 25.3 Å². The predicted molar refractivity (Wildman–Crippen MR) is 81.0 cm³/mol. The highest BCUT2D eigenvalue weighted by atomic mass is 35.5. The van der Waals surface area contributed by atoms with Crippen molar-refractivity contribution in [1.82, 2.24) is 0 Å². The predicted octanol–water partition coefficient (Wildman–Crippen LogP) is 2.73. The number of rotatable bonds is 6. The fourth-order valence-corrected chi connectivity index (χ4v) is 2.67. The van der Waals surface area contributed by atoms with E-state index >= 15 is 0 Å². The van der Waals surface area contributed by atoms with Gasteiger partial charge in [0.2, 0.25) is 0 Å². The van der Waals surface area contributed by atoms with E-state index in [0.717, 1.165) is 6.42 Å². The maximum absolute atomic E-state index is 11.6. The first-order valence-electron chi connectivity index (χ1n) is 6.89. The average molecular weight is 314 g/mol. The summed E-state index contributed by atoms with van der Waals surface area (Å²) in [5.74, 6) is -0.390. The van der Waals surface area contributed by atoms with Crippen molar-refractivity contribution in [1.29, 1.82) is 0 Å². The van der Waals surface area contributed by atoms with Crippen molar-refractivity contribution in [2.45, 2.75) is 31.6 Å². The van der Waals surface area contributed by atoms with Gasteiger partial charge in [0.25, 0.3) is 0 Å². The van der Waals surface area contributed by atoms with E-state index < -0.39 is 0 Å². The van der Waals surface area contributed by atoms with Gasteiger partial charge in [0.1, 0.15) is 6.10 Å². The second-order valence-electron chi connectivity index (χ2n) is 4.87. The molecule has 116 valence electrons. The van der Waals surface area contributed by atoms with Gasteiger partial charge in [-0.15, -0.1) is 0 Å². The van der Waals surface area contributed by atoms with Crippen molar-refractivity contribution in [3.63, 3.8) is 0 Å². The normalized spacial score (nSPS) is 24.3. The van der Waals surface area contributed by atoms with E-state index in [9.17, 15) is 4.79 Å². The van der Waals surface area contributed by atoms with E-state index in [4.69, 9.17) is 25.8 Å². The van der Waals surface area contributed by atoms with Gasteiger partial charge >= 0.3 is 5.97 Å². The van der Waals surface area contributed by atoms with Crippen LogP contribution in [-0.4, -0.2) is 45.0 Å². The summed E-state index contributed by atoms with van der Waals surface area (Å²) in [6.45, 7) is 2.63. The minimum atomic E-state index is -0.390. The first-order chi connectivity index (χ1) is 10.1. The van der Waals surface area contributed by atoms with Crippen molar-refractivity contribution in [2.24, 2.45) is 0 Å². The average Bonchev–Trinajstić information content (AvgIpc) is 2.47. The lowest BCUT2D eigenvalue weighted by Crippen LogP contribution is -2.56. The largest absolute Gasteiger partial charge is 0.465 e. The summed E-state index contributed by atoms with van der Waals surface area (Å²) in [7, 11) is 3.01. The molecule has 0 radical (unpaired) electrons. The molecule has 0 bridgehead atoms. The number of ether oxygens (including phenoxy) is 3. The summed E-state index contributed by atoms with van der Waals surface area (Å²) >= 11 is 6.17. The molecule has 21 heavy (non-hydrogen) atoms. The van der Waals surface area contributed by atoms with Crippen molar-refractivity contribution >= 4 is 23.3 Å². The van der Waals surface area contributed by atoms with E-state index in [1.807, 2.05) is 6.92 Å². The Morgan fingerprint density at radius 1 is 1.43 bits per heavy atom. The van der Waals surface area contributed by atoms with E-state index in [2.05, 4.69) is 5.32 Å². The highest BCUT2D eigenvalue weighted by Gasteiger charge is 2.42. The molecular formula is C15H20ClNO4. The third-order valence-corrected chi connectivity index (χ3v) is 3.96. The lowest BCUT2D eigenvalue weighted by atomic mass is 9.85. The number of halogens is 1. The van der Waals surface area contributed by atoms with Crippen LogP contribution in [-0.2, 0) is 14.2 Å². The zero-order chi connectivity index (χ0) is 15.4.